The first-order chi connectivity index (χ1) is 7.54. The van der Waals surface area contributed by atoms with Crippen molar-refractivity contribution in [1.82, 2.24) is 0 Å². The molecule has 0 atom stereocenters. The summed E-state index contributed by atoms with van der Waals surface area (Å²) in [6.45, 7) is 0.556. The maximum atomic E-state index is 12.1. The van der Waals surface area contributed by atoms with Crippen molar-refractivity contribution in [3.05, 3.63) is 34.9 Å². The first kappa shape index (κ1) is 12.2. The quantitative estimate of drug-likeness (QED) is 0.735. The van der Waals surface area contributed by atoms with Crippen molar-refractivity contribution in [2.75, 3.05) is 0 Å². The summed E-state index contributed by atoms with van der Waals surface area (Å²) in [7, 11) is 0. The number of rotatable bonds is 3. The molecular formula is C12H11F2NO. The fourth-order valence-electron chi connectivity index (χ4n) is 1.49. The molecule has 4 heteroatoms. The summed E-state index contributed by atoms with van der Waals surface area (Å²) in [4.78, 5) is 0. The van der Waals surface area contributed by atoms with Gasteiger partial charge in [-0.1, -0.05) is 0 Å². The Bertz CT molecular complexity index is 424. The highest BCUT2D eigenvalue weighted by Gasteiger charge is 2.10. The van der Waals surface area contributed by atoms with Gasteiger partial charge in [-0.2, -0.15) is 14.0 Å². The van der Waals surface area contributed by atoms with Crippen LogP contribution in [0.3, 0.4) is 0 Å². The first-order valence-electron chi connectivity index (χ1n) is 4.67. The summed E-state index contributed by atoms with van der Waals surface area (Å²) in [6, 6.07) is 5.26. The number of nitriles is 1. The molecule has 0 aliphatic carbocycles. The largest absolute Gasteiger partial charge is 0.434 e. The van der Waals surface area contributed by atoms with Gasteiger partial charge < -0.3 is 4.74 Å². The van der Waals surface area contributed by atoms with E-state index in [9.17, 15) is 8.78 Å². The van der Waals surface area contributed by atoms with Crippen molar-refractivity contribution in [3.63, 3.8) is 0 Å². The Morgan fingerprint density at radius 3 is 2.31 bits per heavy atom. The number of benzene rings is 1. The van der Waals surface area contributed by atoms with Gasteiger partial charge in [-0.3, -0.25) is 0 Å². The predicted octanol–water partition coefficient (Wildman–Crippen LogP) is 3.44. The van der Waals surface area contributed by atoms with Gasteiger partial charge in [-0.15, -0.1) is 0 Å². The zero-order valence-electron chi connectivity index (χ0n) is 9.00. The van der Waals surface area contributed by atoms with Gasteiger partial charge in [0.2, 0.25) is 0 Å². The van der Waals surface area contributed by atoms with E-state index >= 15 is 0 Å². The minimum absolute atomic E-state index is 0.198. The number of allylic oxidation sites excluding steroid dienone is 1. The lowest BCUT2D eigenvalue weighted by Gasteiger charge is -2.11. The lowest BCUT2D eigenvalue weighted by molar-refractivity contribution is -0.0507. The number of ether oxygens (including phenoxy) is 1. The number of hydrogen-bond donors (Lipinski definition) is 0. The Morgan fingerprint density at radius 2 is 1.88 bits per heavy atom. The predicted molar refractivity (Wildman–Crippen MR) is 57.2 cm³/mol. The summed E-state index contributed by atoms with van der Waals surface area (Å²) in [5, 5.41) is 8.38. The molecule has 0 fully saturated rings. The van der Waals surface area contributed by atoms with Crippen molar-refractivity contribution in [3.8, 4) is 11.8 Å². The Kier molecular flexibility index (Phi) is 4.01. The van der Waals surface area contributed by atoms with Gasteiger partial charge in [0, 0.05) is 6.08 Å². The third-order valence-corrected chi connectivity index (χ3v) is 2.04. The van der Waals surface area contributed by atoms with Gasteiger partial charge in [-0.25, -0.2) is 0 Å². The molecule has 1 rings (SSSR count). The van der Waals surface area contributed by atoms with Crippen LogP contribution in [0.4, 0.5) is 8.78 Å². The molecule has 2 nitrogen and oxygen atoms in total. The minimum Gasteiger partial charge on any atom is -0.434 e. The maximum absolute atomic E-state index is 12.1. The van der Waals surface area contributed by atoms with E-state index in [2.05, 4.69) is 4.74 Å². The molecule has 0 heterocycles. The van der Waals surface area contributed by atoms with Crippen molar-refractivity contribution < 1.29 is 13.5 Å². The van der Waals surface area contributed by atoms with Crippen LogP contribution in [0.15, 0.2) is 18.2 Å². The molecule has 1 aromatic rings. The average molecular weight is 223 g/mol. The fraction of sp³-hybridized carbons (Fsp3) is 0.250. The van der Waals surface area contributed by atoms with E-state index in [-0.39, 0.29) is 5.75 Å². The Hall–Kier alpha value is -1.89. The molecule has 0 aromatic heterocycles. The van der Waals surface area contributed by atoms with Gasteiger partial charge in [0.25, 0.3) is 0 Å². The van der Waals surface area contributed by atoms with Crippen LogP contribution in [0.2, 0.25) is 0 Å². The number of halogens is 2. The molecule has 16 heavy (non-hydrogen) atoms. The van der Waals surface area contributed by atoms with E-state index in [1.54, 1.807) is 32.1 Å². The third-order valence-electron chi connectivity index (χ3n) is 2.04. The number of hydrogen-bond acceptors (Lipinski definition) is 2. The van der Waals surface area contributed by atoms with Crippen molar-refractivity contribution >= 4 is 6.08 Å². The van der Waals surface area contributed by atoms with E-state index in [1.807, 2.05) is 6.07 Å². The third kappa shape index (κ3) is 3.06. The van der Waals surface area contributed by atoms with Crippen LogP contribution in [-0.2, 0) is 0 Å². The molecule has 1 aromatic carbocycles. The number of aryl methyl sites for hydroxylation is 2. The molecule has 0 aliphatic rings. The van der Waals surface area contributed by atoms with Gasteiger partial charge >= 0.3 is 6.61 Å². The zero-order chi connectivity index (χ0) is 12.1. The van der Waals surface area contributed by atoms with Crippen LogP contribution in [-0.4, -0.2) is 6.61 Å². The van der Waals surface area contributed by atoms with Crippen molar-refractivity contribution in [2.24, 2.45) is 0 Å². The van der Waals surface area contributed by atoms with Gasteiger partial charge in [-0.05, 0) is 48.7 Å². The number of alkyl halides is 2. The van der Waals surface area contributed by atoms with Crippen LogP contribution >= 0.6 is 0 Å². The Labute approximate surface area is 92.8 Å². The second-order valence-corrected chi connectivity index (χ2v) is 3.32. The van der Waals surface area contributed by atoms with Crippen molar-refractivity contribution in [2.45, 2.75) is 20.5 Å². The molecule has 0 saturated carbocycles. The van der Waals surface area contributed by atoms with E-state index in [0.29, 0.717) is 11.1 Å². The van der Waals surface area contributed by atoms with Gasteiger partial charge in [0.05, 0.1) is 6.07 Å². The molecule has 0 spiro atoms. The first-order valence-corrected chi connectivity index (χ1v) is 4.67. The van der Waals surface area contributed by atoms with Crippen LogP contribution in [0.1, 0.15) is 16.7 Å². The number of nitrogens with zero attached hydrogens (tertiary/aromatic N) is 1. The lowest BCUT2D eigenvalue weighted by Crippen LogP contribution is -2.05. The standard InChI is InChI=1S/C12H11F2NO/c1-8-6-10(4-3-5-15)7-9(2)11(8)16-12(13)14/h3-4,6-7,12H,1-2H3. The summed E-state index contributed by atoms with van der Waals surface area (Å²) < 4.78 is 28.6. The minimum atomic E-state index is -2.82. The summed E-state index contributed by atoms with van der Waals surface area (Å²) in [6.07, 6.45) is 2.95. The monoisotopic (exact) mass is 223 g/mol. The fourth-order valence-corrected chi connectivity index (χ4v) is 1.49. The van der Waals surface area contributed by atoms with Gasteiger partial charge in [0.1, 0.15) is 5.75 Å². The smallest absolute Gasteiger partial charge is 0.387 e. The van der Waals surface area contributed by atoms with Crippen LogP contribution < -0.4 is 4.74 Å². The molecular weight excluding hydrogens is 212 g/mol. The second kappa shape index (κ2) is 5.26. The lowest BCUT2D eigenvalue weighted by atomic mass is 10.1. The average Bonchev–Trinajstić information content (AvgIpc) is 2.20. The highest BCUT2D eigenvalue weighted by molar-refractivity contribution is 5.57. The van der Waals surface area contributed by atoms with Gasteiger partial charge in [0.15, 0.2) is 0 Å². The molecule has 0 unspecified atom stereocenters. The summed E-state index contributed by atoms with van der Waals surface area (Å²) >= 11 is 0. The highest BCUT2D eigenvalue weighted by Crippen LogP contribution is 2.26. The SMILES string of the molecule is Cc1cc(C=CC#N)cc(C)c1OC(F)F. The highest BCUT2D eigenvalue weighted by atomic mass is 19.3. The molecule has 0 aliphatic heterocycles. The second-order valence-electron chi connectivity index (χ2n) is 3.32. The topological polar surface area (TPSA) is 33.0 Å². The Morgan fingerprint density at radius 1 is 1.31 bits per heavy atom. The summed E-state index contributed by atoms with van der Waals surface area (Å²) in [5.41, 5.74) is 2.04. The molecule has 0 bridgehead atoms. The normalized spacial score (nSPS) is 10.8. The van der Waals surface area contributed by atoms with Crippen LogP contribution in [0.25, 0.3) is 6.08 Å². The van der Waals surface area contributed by atoms with Crippen LogP contribution in [0.5, 0.6) is 5.75 Å². The maximum Gasteiger partial charge on any atom is 0.387 e. The molecule has 0 amide bonds. The van der Waals surface area contributed by atoms with E-state index in [0.717, 1.165) is 5.56 Å². The molecule has 0 saturated heterocycles. The van der Waals surface area contributed by atoms with E-state index < -0.39 is 6.61 Å². The summed E-state index contributed by atoms with van der Waals surface area (Å²) in [5.74, 6) is 0.198. The molecule has 0 N–H and O–H groups in total. The Balaban J connectivity index is 3.08. The van der Waals surface area contributed by atoms with Crippen LogP contribution in [0, 0.1) is 25.2 Å². The van der Waals surface area contributed by atoms with E-state index in [1.165, 1.54) is 6.08 Å². The molecule has 0 radical (unpaired) electrons. The molecule has 84 valence electrons. The zero-order valence-corrected chi connectivity index (χ0v) is 9.00. The van der Waals surface area contributed by atoms with E-state index in [4.69, 9.17) is 5.26 Å². The van der Waals surface area contributed by atoms with Crippen molar-refractivity contribution in [1.29, 1.82) is 5.26 Å².